The largest absolute Gasteiger partial charge is 0.491 e. The number of ether oxygens (including phenoxy) is 1. The summed E-state index contributed by atoms with van der Waals surface area (Å²) in [7, 11) is 0. The van der Waals surface area contributed by atoms with Crippen LogP contribution in [0.3, 0.4) is 0 Å². The Kier molecular flexibility index (Phi) is 10.9. The number of hydrogen-bond acceptors (Lipinski definition) is 10. The lowest BCUT2D eigenvalue weighted by atomic mass is 9.97. The van der Waals surface area contributed by atoms with E-state index in [1.807, 2.05) is 0 Å². The van der Waals surface area contributed by atoms with Crippen LogP contribution in [0.15, 0.2) is 24.3 Å². The van der Waals surface area contributed by atoms with Crippen molar-refractivity contribution in [1.82, 2.24) is 0 Å². The standard InChI is InChI=1S/C22H25F3N4O7/c1-3-13(19(32)33)17(26)15(30)9-28-11-6-5-7-12(8-11)29-10-16(31)18(27)14(4-2)20(34)36-21(35)22(23,24)25/h5-8,13-14,26-29H,3-4,9-10H2,1-2H3,(H,32,33)/t13-,14-/m1/s1. The van der Waals surface area contributed by atoms with Gasteiger partial charge in [0.25, 0.3) is 0 Å². The Morgan fingerprint density at radius 3 is 1.75 bits per heavy atom. The van der Waals surface area contributed by atoms with E-state index in [0.29, 0.717) is 11.4 Å². The van der Waals surface area contributed by atoms with Gasteiger partial charge in [0.2, 0.25) is 0 Å². The molecule has 0 aliphatic carbocycles. The van der Waals surface area contributed by atoms with E-state index in [1.54, 1.807) is 6.07 Å². The van der Waals surface area contributed by atoms with E-state index < -0.39 is 65.5 Å². The fourth-order valence-electron chi connectivity index (χ4n) is 2.89. The molecule has 0 unspecified atom stereocenters. The highest BCUT2D eigenvalue weighted by Crippen LogP contribution is 2.19. The lowest BCUT2D eigenvalue weighted by Gasteiger charge is -2.15. The van der Waals surface area contributed by atoms with Gasteiger partial charge in [-0.3, -0.25) is 19.2 Å². The molecule has 0 saturated heterocycles. The number of carbonyl (C=O) groups is 5. The maximum atomic E-state index is 12.3. The van der Waals surface area contributed by atoms with Crippen LogP contribution in [0.1, 0.15) is 26.7 Å². The number of benzene rings is 1. The Hall–Kier alpha value is -4.10. The number of Topliss-reactive ketones (excluding diaryl/α,β-unsaturated/α-hetero) is 2. The molecule has 0 saturated carbocycles. The number of carbonyl (C=O) groups excluding carboxylic acids is 4. The minimum absolute atomic E-state index is 0.0809. The summed E-state index contributed by atoms with van der Waals surface area (Å²) in [4.78, 5) is 58.2. The van der Waals surface area contributed by atoms with Crippen LogP contribution >= 0.6 is 0 Å². The summed E-state index contributed by atoms with van der Waals surface area (Å²) in [6.45, 7) is 2.00. The third kappa shape index (κ3) is 8.60. The Morgan fingerprint density at radius 2 is 1.36 bits per heavy atom. The summed E-state index contributed by atoms with van der Waals surface area (Å²) in [5.41, 5.74) is -0.666. The van der Waals surface area contributed by atoms with E-state index >= 15 is 0 Å². The molecule has 14 heteroatoms. The minimum Gasteiger partial charge on any atom is -0.481 e. The van der Waals surface area contributed by atoms with Gasteiger partial charge in [-0.25, -0.2) is 4.79 Å². The van der Waals surface area contributed by atoms with Gasteiger partial charge < -0.3 is 31.3 Å². The quantitative estimate of drug-likeness (QED) is 0.141. The summed E-state index contributed by atoms with van der Waals surface area (Å²) < 4.78 is 40.6. The molecule has 5 N–H and O–H groups in total. The predicted octanol–water partition coefficient (Wildman–Crippen LogP) is 2.46. The molecule has 0 fully saturated rings. The van der Waals surface area contributed by atoms with Crippen molar-refractivity contribution in [3.05, 3.63) is 24.3 Å². The van der Waals surface area contributed by atoms with E-state index in [9.17, 15) is 37.1 Å². The number of halogens is 3. The van der Waals surface area contributed by atoms with Crippen LogP contribution in [0.25, 0.3) is 0 Å². The summed E-state index contributed by atoms with van der Waals surface area (Å²) >= 11 is 0. The number of nitrogens with one attached hydrogen (secondary N) is 4. The zero-order valence-electron chi connectivity index (χ0n) is 19.3. The topological polar surface area (TPSA) is 187 Å². The average molecular weight is 514 g/mol. The van der Waals surface area contributed by atoms with E-state index in [0.717, 1.165) is 0 Å². The number of aliphatic carboxylic acids is 1. The van der Waals surface area contributed by atoms with Gasteiger partial charge in [-0.1, -0.05) is 19.9 Å². The first-order valence-corrected chi connectivity index (χ1v) is 10.6. The van der Waals surface area contributed by atoms with Crippen molar-refractivity contribution < 1.29 is 47.0 Å². The number of esters is 2. The first kappa shape index (κ1) is 29.9. The average Bonchev–Trinajstić information content (AvgIpc) is 2.81. The van der Waals surface area contributed by atoms with Gasteiger partial charge in [-0.15, -0.1) is 0 Å². The second-order valence-electron chi connectivity index (χ2n) is 7.43. The number of anilines is 2. The number of alkyl halides is 3. The second kappa shape index (κ2) is 13.1. The SMILES string of the molecule is CC[C@H](C(=N)C(=O)CNc1cccc(NCC(=O)C(=N)[C@@H](CC)C(=O)OC(=O)C(F)(F)F)c1)C(=O)O. The Balaban J connectivity index is 2.72. The van der Waals surface area contributed by atoms with Gasteiger partial charge in [0, 0.05) is 11.4 Å². The molecule has 0 heterocycles. The van der Waals surface area contributed by atoms with Gasteiger partial charge in [-0.2, -0.15) is 13.2 Å². The Bertz CT molecular complexity index is 1060. The van der Waals surface area contributed by atoms with Crippen LogP contribution in [0, 0.1) is 22.7 Å². The highest BCUT2D eigenvalue weighted by molar-refractivity contribution is 6.44. The molecule has 1 rings (SSSR count). The van der Waals surface area contributed by atoms with Crippen LogP contribution in [0.2, 0.25) is 0 Å². The van der Waals surface area contributed by atoms with Crippen molar-refractivity contribution in [2.24, 2.45) is 11.8 Å². The molecular weight excluding hydrogens is 489 g/mol. The fraction of sp³-hybridized carbons (Fsp3) is 0.409. The molecule has 196 valence electrons. The first-order valence-electron chi connectivity index (χ1n) is 10.6. The number of carboxylic acids is 1. The van der Waals surface area contributed by atoms with Crippen LogP contribution in [-0.2, 0) is 28.7 Å². The lowest BCUT2D eigenvalue weighted by molar-refractivity contribution is -0.202. The highest BCUT2D eigenvalue weighted by Gasteiger charge is 2.44. The van der Waals surface area contributed by atoms with Crippen molar-refractivity contribution in [1.29, 1.82) is 10.8 Å². The third-order valence-electron chi connectivity index (χ3n) is 4.89. The smallest absolute Gasteiger partial charge is 0.481 e. The Labute approximate surface area is 203 Å². The van der Waals surface area contributed by atoms with Crippen LogP contribution < -0.4 is 10.6 Å². The van der Waals surface area contributed by atoms with Crippen LogP contribution in [-0.4, -0.2) is 65.3 Å². The molecule has 0 aromatic heterocycles. The van der Waals surface area contributed by atoms with Crippen molar-refractivity contribution in [3.8, 4) is 0 Å². The van der Waals surface area contributed by atoms with Gasteiger partial charge >= 0.3 is 24.1 Å². The zero-order valence-corrected chi connectivity index (χ0v) is 19.3. The Morgan fingerprint density at radius 1 is 0.917 bits per heavy atom. The lowest BCUT2D eigenvalue weighted by Crippen LogP contribution is -2.37. The van der Waals surface area contributed by atoms with Gasteiger partial charge in [0.1, 0.15) is 11.8 Å². The fourth-order valence-corrected chi connectivity index (χ4v) is 2.89. The van der Waals surface area contributed by atoms with Crippen molar-refractivity contribution >= 4 is 52.3 Å². The maximum absolute atomic E-state index is 12.3. The maximum Gasteiger partial charge on any atom is 0.491 e. The van der Waals surface area contributed by atoms with Crippen molar-refractivity contribution in [2.75, 3.05) is 23.7 Å². The van der Waals surface area contributed by atoms with E-state index in [-0.39, 0.29) is 19.4 Å². The highest BCUT2D eigenvalue weighted by atomic mass is 19.4. The van der Waals surface area contributed by atoms with Crippen molar-refractivity contribution in [2.45, 2.75) is 32.9 Å². The minimum atomic E-state index is -5.40. The van der Waals surface area contributed by atoms with Gasteiger partial charge in [-0.05, 0) is 31.0 Å². The summed E-state index contributed by atoms with van der Waals surface area (Å²) in [5.74, 6) is -10.2. The monoisotopic (exact) mass is 514 g/mol. The molecular formula is C22H25F3N4O7. The summed E-state index contributed by atoms with van der Waals surface area (Å²) in [6.07, 6.45) is -5.57. The van der Waals surface area contributed by atoms with Crippen LogP contribution in [0.5, 0.6) is 0 Å². The first-order chi connectivity index (χ1) is 16.7. The van der Waals surface area contributed by atoms with Crippen LogP contribution in [0.4, 0.5) is 24.5 Å². The molecule has 11 nitrogen and oxygen atoms in total. The molecule has 0 spiro atoms. The number of ketones is 2. The molecule has 0 aliphatic heterocycles. The van der Waals surface area contributed by atoms with E-state index in [2.05, 4.69) is 15.4 Å². The molecule has 1 aromatic rings. The second-order valence-corrected chi connectivity index (χ2v) is 7.43. The molecule has 0 aliphatic rings. The van der Waals surface area contributed by atoms with E-state index in [1.165, 1.54) is 32.0 Å². The number of carboxylic acid groups (broad SMARTS) is 1. The summed E-state index contributed by atoms with van der Waals surface area (Å²) in [5, 5.41) is 30.0. The molecule has 1 aromatic carbocycles. The van der Waals surface area contributed by atoms with Gasteiger partial charge in [0.05, 0.1) is 24.5 Å². The predicted molar refractivity (Wildman–Crippen MR) is 121 cm³/mol. The summed E-state index contributed by atoms with van der Waals surface area (Å²) in [6, 6.07) is 6.09. The zero-order chi connectivity index (χ0) is 27.6. The molecule has 0 radical (unpaired) electrons. The van der Waals surface area contributed by atoms with Gasteiger partial charge in [0.15, 0.2) is 11.6 Å². The molecule has 2 atom stereocenters. The molecule has 0 amide bonds. The molecule has 36 heavy (non-hydrogen) atoms. The number of rotatable bonds is 14. The van der Waals surface area contributed by atoms with Crippen molar-refractivity contribution in [3.63, 3.8) is 0 Å². The number of hydrogen-bond donors (Lipinski definition) is 5. The third-order valence-corrected chi connectivity index (χ3v) is 4.89. The van der Waals surface area contributed by atoms with E-state index in [4.69, 9.17) is 15.9 Å². The molecule has 0 bridgehead atoms. The normalized spacial score (nSPS) is 12.6.